The van der Waals surface area contributed by atoms with Crippen LogP contribution in [0.5, 0.6) is 0 Å². The van der Waals surface area contributed by atoms with Gasteiger partial charge >= 0.3 is 0 Å². The normalized spacial score (nSPS) is 19.0. The Morgan fingerprint density at radius 2 is 2.56 bits per heavy atom. The van der Waals surface area contributed by atoms with E-state index in [0.29, 0.717) is 0 Å². The summed E-state index contributed by atoms with van der Waals surface area (Å²) in [5, 5.41) is 0. The average molecular weight is 121 g/mol. The highest BCUT2D eigenvalue weighted by Gasteiger charge is 2.00. The predicted octanol–water partition coefficient (Wildman–Crippen LogP) is 2.88. The molecular formula is C9H13. The van der Waals surface area contributed by atoms with Gasteiger partial charge in [-0.1, -0.05) is 23.8 Å². The van der Waals surface area contributed by atoms with Gasteiger partial charge in [0.15, 0.2) is 0 Å². The van der Waals surface area contributed by atoms with Crippen LogP contribution in [-0.4, -0.2) is 0 Å². The summed E-state index contributed by atoms with van der Waals surface area (Å²) < 4.78 is 0. The first kappa shape index (κ1) is 6.60. The molecule has 0 heterocycles. The summed E-state index contributed by atoms with van der Waals surface area (Å²) in [4.78, 5) is 0. The first-order chi connectivity index (χ1) is 4.43. The molecule has 1 rings (SSSR count). The van der Waals surface area contributed by atoms with Crippen molar-refractivity contribution in [3.8, 4) is 0 Å². The Morgan fingerprint density at radius 1 is 1.67 bits per heavy atom. The van der Waals surface area contributed by atoms with Crippen LogP contribution in [0, 0.1) is 6.92 Å². The van der Waals surface area contributed by atoms with Crippen molar-refractivity contribution in [2.75, 3.05) is 0 Å². The van der Waals surface area contributed by atoms with Crippen LogP contribution in [0.3, 0.4) is 0 Å². The maximum absolute atomic E-state index is 3.64. The van der Waals surface area contributed by atoms with Crippen LogP contribution in [0.1, 0.15) is 25.7 Å². The molecule has 49 valence electrons. The molecule has 0 spiro atoms. The molecule has 0 saturated carbocycles. The lowest BCUT2D eigenvalue weighted by Crippen LogP contribution is -1.71. The molecule has 0 bridgehead atoms. The zero-order valence-electron chi connectivity index (χ0n) is 5.77. The fourth-order valence-electron chi connectivity index (χ4n) is 1.16. The third-order valence-electron chi connectivity index (χ3n) is 1.68. The van der Waals surface area contributed by atoms with Gasteiger partial charge in [0, 0.05) is 0 Å². The Kier molecular flexibility index (Phi) is 2.56. The molecule has 1 radical (unpaired) electrons. The summed E-state index contributed by atoms with van der Waals surface area (Å²) >= 11 is 0. The van der Waals surface area contributed by atoms with Gasteiger partial charge in [0.2, 0.25) is 0 Å². The van der Waals surface area contributed by atoms with E-state index in [1.165, 1.54) is 19.3 Å². The van der Waals surface area contributed by atoms with Crippen LogP contribution in [0.25, 0.3) is 0 Å². The molecule has 9 heavy (non-hydrogen) atoms. The topological polar surface area (TPSA) is 0 Å². The SMILES string of the molecule is [CH2]C=CCC1=CCCC1. The second-order valence-corrected chi connectivity index (χ2v) is 2.43. The number of allylic oxidation sites excluding steroid dienone is 4. The Balaban J connectivity index is 2.26. The molecule has 0 amide bonds. The molecule has 0 aromatic heterocycles. The zero-order valence-corrected chi connectivity index (χ0v) is 5.77. The summed E-state index contributed by atoms with van der Waals surface area (Å²) in [6.07, 6.45) is 11.4. The van der Waals surface area contributed by atoms with Crippen molar-refractivity contribution in [2.24, 2.45) is 0 Å². The summed E-state index contributed by atoms with van der Waals surface area (Å²) in [6.45, 7) is 3.64. The van der Waals surface area contributed by atoms with Crippen LogP contribution >= 0.6 is 0 Å². The Morgan fingerprint density at radius 3 is 3.11 bits per heavy atom. The van der Waals surface area contributed by atoms with Crippen molar-refractivity contribution in [1.82, 2.24) is 0 Å². The van der Waals surface area contributed by atoms with Crippen LogP contribution in [0.4, 0.5) is 0 Å². The smallest absolute Gasteiger partial charge is 0.0139 e. The molecule has 0 fully saturated rings. The van der Waals surface area contributed by atoms with Crippen molar-refractivity contribution >= 4 is 0 Å². The highest BCUT2D eigenvalue weighted by atomic mass is 14.1. The Hall–Kier alpha value is -0.520. The fourth-order valence-corrected chi connectivity index (χ4v) is 1.16. The molecule has 0 atom stereocenters. The van der Waals surface area contributed by atoms with Crippen molar-refractivity contribution in [1.29, 1.82) is 0 Å². The maximum Gasteiger partial charge on any atom is -0.0139 e. The zero-order chi connectivity index (χ0) is 6.53. The quantitative estimate of drug-likeness (QED) is 0.493. The molecule has 1 aliphatic rings. The van der Waals surface area contributed by atoms with Gasteiger partial charge in [-0.15, -0.1) is 0 Å². The molecule has 0 aromatic rings. The first-order valence-electron chi connectivity index (χ1n) is 3.55. The minimum absolute atomic E-state index is 1.13. The second kappa shape index (κ2) is 3.49. The molecule has 0 aromatic carbocycles. The number of hydrogen-bond donors (Lipinski definition) is 0. The van der Waals surface area contributed by atoms with Gasteiger partial charge in [0.1, 0.15) is 0 Å². The second-order valence-electron chi connectivity index (χ2n) is 2.43. The number of hydrogen-bond acceptors (Lipinski definition) is 0. The Bertz CT molecular complexity index is 129. The van der Waals surface area contributed by atoms with E-state index < -0.39 is 0 Å². The van der Waals surface area contributed by atoms with Crippen molar-refractivity contribution in [3.05, 3.63) is 30.7 Å². The van der Waals surface area contributed by atoms with E-state index in [1.54, 1.807) is 5.57 Å². The maximum atomic E-state index is 3.64. The predicted molar refractivity (Wildman–Crippen MR) is 41.0 cm³/mol. The highest BCUT2D eigenvalue weighted by Crippen LogP contribution is 2.20. The summed E-state index contributed by atoms with van der Waals surface area (Å²) in [6, 6.07) is 0. The molecule has 0 unspecified atom stereocenters. The minimum atomic E-state index is 1.13. The molecule has 1 aliphatic carbocycles. The van der Waals surface area contributed by atoms with Gasteiger partial charge in [-0.25, -0.2) is 0 Å². The van der Waals surface area contributed by atoms with Gasteiger partial charge in [0.25, 0.3) is 0 Å². The average Bonchev–Trinajstić information content (AvgIpc) is 2.34. The third-order valence-corrected chi connectivity index (χ3v) is 1.68. The third kappa shape index (κ3) is 2.05. The van der Waals surface area contributed by atoms with Gasteiger partial charge in [-0.05, 0) is 32.6 Å². The van der Waals surface area contributed by atoms with Gasteiger partial charge in [0.05, 0.1) is 0 Å². The van der Waals surface area contributed by atoms with Gasteiger partial charge in [-0.3, -0.25) is 0 Å². The standard InChI is InChI=1S/C9H13/c1-2-3-6-9-7-4-5-8-9/h2-3,7H,1,4-6,8H2. The van der Waals surface area contributed by atoms with Crippen molar-refractivity contribution < 1.29 is 0 Å². The summed E-state index contributed by atoms with van der Waals surface area (Å²) in [5.74, 6) is 0. The van der Waals surface area contributed by atoms with E-state index in [1.807, 2.05) is 6.08 Å². The lowest BCUT2D eigenvalue weighted by atomic mass is 10.1. The van der Waals surface area contributed by atoms with Crippen LogP contribution < -0.4 is 0 Å². The summed E-state index contributed by atoms with van der Waals surface area (Å²) in [7, 11) is 0. The van der Waals surface area contributed by atoms with E-state index >= 15 is 0 Å². The fraction of sp³-hybridized carbons (Fsp3) is 0.444. The van der Waals surface area contributed by atoms with Crippen LogP contribution in [0.2, 0.25) is 0 Å². The molecule has 0 nitrogen and oxygen atoms in total. The van der Waals surface area contributed by atoms with E-state index in [-0.39, 0.29) is 0 Å². The van der Waals surface area contributed by atoms with E-state index in [2.05, 4.69) is 19.1 Å². The Labute approximate surface area is 57.3 Å². The van der Waals surface area contributed by atoms with E-state index in [9.17, 15) is 0 Å². The van der Waals surface area contributed by atoms with Crippen LogP contribution in [-0.2, 0) is 0 Å². The minimum Gasteiger partial charge on any atom is -0.0879 e. The highest BCUT2D eigenvalue weighted by molar-refractivity contribution is 5.11. The lowest BCUT2D eigenvalue weighted by molar-refractivity contribution is 0.893. The lowest BCUT2D eigenvalue weighted by Gasteiger charge is -1.91. The molecule has 0 N–H and O–H groups in total. The summed E-state index contributed by atoms with van der Waals surface area (Å²) in [5.41, 5.74) is 1.59. The van der Waals surface area contributed by atoms with E-state index in [4.69, 9.17) is 0 Å². The van der Waals surface area contributed by atoms with Gasteiger partial charge < -0.3 is 0 Å². The molecule has 0 aliphatic heterocycles. The monoisotopic (exact) mass is 121 g/mol. The van der Waals surface area contributed by atoms with Gasteiger partial charge in [-0.2, -0.15) is 0 Å². The first-order valence-corrected chi connectivity index (χ1v) is 3.55. The molecular weight excluding hydrogens is 108 g/mol. The molecule has 0 heteroatoms. The van der Waals surface area contributed by atoms with Crippen LogP contribution in [0.15, 0.2) is 23.8 Å². The van der Waals surface area contributed by atoms with Crippen molar-refractivity contribution in [3.63, 3.8) is 0 Å². The van der Waals surface area contributed by atoms with E-state index in [0.717, 1.165) is 6.42 Å². The number of rotatable bonds is 2. The molecule has 0 saturated heterocycles. The van der Waals surface area contributed by atoms with Crippen molar-refractivity contribution in [2.45, 2.75) is 25.7 Å². The largest absolute Gasteiger partial charge is 0.0879 e.